The van der Waals surface area contributed by atoms with Gasteiger partial charge in [0.1, 0.15) is 0 Å². The zero-order valence-corrected chi connectivity index (χ0v) is 20.0. The first-order valence-corrected chi connectivity index (χ1v) is 12.9. The molecule has 0 saturated heterocycles. The van der Waals surface area contributed by atoms with Gasteiger partial charge in [0.15, 0.2) is 0 Å². The summed E-state index contributed by atoms with van der Waals surface area (Å²) in [7, 11) is 0. The average molecular weight is 426 g/mol. The zero-order valence-electron chi connectivity index (χ0n) is 20.0. The molecule has 2 atom stereocenters. The molecule has 0 aromatic rings. The fraction of sp³-hybridized carbons (Fsp3) is 0.885. The van der Waals surface area contributed by atoms with E-state index in [2.05, 4.69) is 19.2 Å². The van der Waals surface area contributed by atoms with Gasteiger partial charge in [-0.3, -0.25) is 4.79 Å². The number of aliphatic hydroxyl groups is 2. The lowest BCUT2D eigenvalue weighted by Crippen LogP contribution is -2.45. The molecule has 1 amide bonds. The number of aliphatic hydroxyl groups excluding tert-OH is 2. The van der Waals surface area contributed by atoms with E-state index in [0.717, 1.165) is 32.1 Å². The third-order valence-corrected chi connectivity index (χ3v) is 5.77. The van der Waals surface area contributed by atoms with Crippen molar-refractivity contribution in [2.75, 3.05) is 6.61 Å². The number of nitrogens with one attached hydrogen (secondary N) is 1. The Morgan fingerprint density at radius 2 is 1.23 bits per heavy atom. The first-order chi connectivity index (χ1) is 14.7. The van der Waals surface area contributed by atoms with Crippen molar-refractivity contribution in [1.82, 2.24) is 5.32 Å². The molecule has 0 rings (SSSR count). The van der Waals surface area contributed by atoms with E-state index in [0.29, 0.717) is 6.42 Å². The van der Waals surface area contributed by atoms with Crippen molar-refractivity contribution in [1.29, 1.82) is 0 Å². The minimum Gasteiger partial charge on any atom is -0.394 e. The van der Waals surface area contributed by atoms with E-state index in [1.807, 2.05) is 6.08 Å². The molecule has 0 heterocycles. The number of unbranched alkanes of at least 4 members (excludes halogenated alkanes) is 15. The molecule has 0 bridgehead atoms. The molecule has 3 N–H and O–H groups in total. The Hall–Kier alpha value is -0.870. The van der Waals surface area contributed by atoms with Gasteiger partial charge in [0, 0.05) is 6.42 Å². The van der Waals surface area contributed by atoms with E-state index in [4.69, 9.17) is 0 Å². The van der Waals surface area contributed by atoms with Crippen molar-refractivity contribution in [3.05, 3.63) is 12.2 Å². The van der Waals surface area contributed by atoms with Gasteiger partial charge in [-0.05, 0) is 19.3 Å². The number of amides is 1. The second-order valence-electron chi connectivity index (χ2n) is 8.76. The largest absolute Gasteiger partial charge is 0.394 e. The quantitative estimate of drug-likeness (QED) is 0.138. The molecule has 0 aromatic heterocycles. The van der Waals surface area contributed by atoms with Crippen molar-refractivity contribution >= 4 is 5.91 Å². The maximum atomic E-state index is 11.8. The Morgan fingerprint density at radius 1 is 0.767 bits per heavy atom. The Kier molecular flexibility index (Phi) is 22.1. The smallest absolute Gasteiger partial charge is 0.220 e. The van der Waals surface area contributed by atoms with Crippen LogP contribution in [0.15, 0.2) is 12.2 Å². The third-order valence-electron chi connectivity index (χ3n) is 5.77. The van der Waals surface area contributed by atoms with Crippen LogP contribution >= 0.6 is 0 Å². The van der Waals surface area contributed by atoms with Crippen molar-refractivity contribution in [3.63, 3.8) is 0 Å². The monoisotopic (exact) mass is 425 g/mol. The molecular weight excluding hydrogens is 374 g/mol. The van der Waals surface area contributed by atoms with Crippen molar-refractivity contribution in [2.24, 2.45) is 0 Å². The van der Waals surface area contributed by atoms with Gasteiger partial charge in [-0.1, -0.05) is 116 Å². The normalized spacial score (nSPS) is 13.6. The van der Waals surface area contributed by atoms with Gasteiger partial charge in [-0.25, -0.2) is 0 Å². The maximum absolute atomic E-state index is 11.8. The first kappa shape index (κ1) is 29.1. The summed E-state index contributed by atoms with van der Waals surface area (Å²) in [6.07, 6.45) is 24.7. The second-order valence-corrected chi connectivity index (χ2v) is 8.76. The highest BCUT2D eigenvalue weighted by molar-refractivity contribution is 5.76. The number of hydrogen-bond donors (Lipinski definition) is 3. The van der Waals surface area contributed by atoms with Crippen LogP contribution in [-0.4, -0.2) is 34.9 Å². The van der Waals surface area contributed by atoms with Crippen LogP contribution in [0.4, 0.5) is 0 Å². The average Bonchev–Trinajstić information content (AvgIpc) is 2.74. The van der Waals surface area contributed by atoms with Crippen LogP contribution in [0.3, 0.4) is 0 Å². The van der Waals surface area contributed by atoms with Crippen LogP contribution in [-0.2, 0) is 4.79 Å². The van der Waals surface area contributed by atoms with Gasteiger partial charge >= 0.3 is 0 Å². The number of rotatable bonds is 22. The molecule has 0 spiro atoms. The molecule has 0 aliphatic carbocycles. The lowest BCUT2D eigenvalue weighted by molar-refractivity contribution is -0.123. The molecular formula is C26H51NO3. The maximum Gasteiger partial charge on any atom is 0.220 e. The minimum absolute atomic E-state index is 0.0913. The summed E-state index contributed by atoms with van der Waals surface area (Å²) in [4.78, 5) is 11.8. The molecule has 0 aliphatic heterocycles. The summed E-state index contributed by atoms with van der Waals surface area (Å²) in [6.45, 7) is 4.12. The minimum atomic E-state index is -0.827. The summed E-state index contributed by atoms with van der Waals surface area (Å²) in [5.41, 5.74) is 0. The van der Waals surface area contributed by atoms with Crippen molar-refractivity contribution in [3.8, 4) is 0 Å². The predicted molar refractivity (Wildman–Crippen MR) is 129 cm³/mol. The Bertz CT molecular complexity index is 398. The fourth-order valence-corrected chi connectivity index (χ4v) is 3.70. The summed E-state index contributed by atoms with van der Waals surface area (Å²) >= 11 is 0. The van der Waals surface area contributed by atoms with Gasteiger partial charge in [0.25, 0.3) is 0 Å². The molecule has 0 fully saturated rings. The van der Waals surface area contributed by atoms with E-state index in [9.17, 15) is 15.0 Å². The third kappa shape index (κ3) is 19.1. The molecule has 0 radical (unpaired) electrons. The van der Waals surface area contributed by atoms with Crippen molar-refractivity contribution in [2.45, 2.75) is 142 Å². The SMILES string of the molecule is CCCCCCCCCCCCCCC/C=C/C(O)C(CO)NC(=O)CCCCC. The lowest BCUT2D eigenvalue weighted by atomic mass is 10.0. The van der Waals surface area contributed by atoms with Gasteiger partial charge in [0.05, 0.1) is 18.8 Å². The highest BCUT2D eigenvalue weighted by Crippen LogP contribution is 2.13. The van der Waals surface area contributed by atoms with Gasteiger partial charge in [-0.15, -0.1) is 0 Å². The Balaban J connectivity index is 3.59. The fourth-order valence-electron chi connectivity index (χ4n) is 3.70. The Morgan fingerprint density at radius 3 is 1.73 bits per heavy atom. The van der Waals surface area contributed by atoms with Gasteiger partial charge in [0.2, 0.25) is 5.91 Å². The first-order valence-electron chi connectivity index (χ1n) is 12.9. The van der Waals surface area contributed by atoms with Crippen LogP contribution in [0.1, 0.15) is 129 Å². The van der Waals surface area contributed by atoms with Crippen LogP contribution in [0.25, 0.3) is 0 Å². The van der Waals surface area contributed by atoms with Crippen LogP contribution in [0.5, 0.6) is 0 Å². The number of hydrogen-bond acceptors (Lipinski definition) is 3. The van der Waals surface area contributed by atoms with Crippen molar-refractivity contribution < 1.29 is 15.0 Å². The molecule has 4 nitrogen and oxygen atoms in total. The van der Waals surface area contributed by atoms with Crippen LogP contribution < -0.4 is 5.32 Å². The van der Waals surface area contributed by atoms with E-state index in [1.165, 1.54) is 77.0 Å². The second kappa shape index (κ2) is 22.8. The standard InChI is InChI=1S/C26H51NO3/c1-3-5-7-8-9-10-11-12-13-14-15-16-17-18-20-21-25(29)24(23-28)27-26(30)22-19-6-4-2/h20-21,24-25,28-29H,3-19,22-23H2,1-2H3,(H,27,30)/b21-20+. The number of carbonyl (C=O) groups is 1. The molecule has 0 saturated carbocycles. The van der Waals surface area contributed by atoms with Gasteiger partial charge in [-0.2, -0.15) is 0 Å². The van der Waals surface area contributed by atoms with Gasteiger partial charge < -0.3 is 15.5 Å². The molecule has 0 aromatic carbocycles. The molecule has 30 heavy (non-hydrogen) atoms. The topological polar surface area (TPSA) is 69.6 Å². The lowest BCUT2D eigenvalue weighted by Gasteiger charge is -2.19. The van der Waals surface area contributed by atoms with Crippen LogP contribution in [0.2, 0.25) is 0 Å². The van der Waals surface area contributed by atoms with E-state index >= 15 is 0 Å². The molecule has 0 aliphatic rings. The van der Waals surface area contributed by atoms with Crippen LogP contribution in [0, 0.1) is 0 Å². The number of allylic oxidation sites excluding steroid dienone is 1. The summed E-state index contributed by atoms with van der Waals surface area (Å²) in [5, 5.41) is 22.3. The van der Waals surface area contributed by atoms with E-state index < -0.39 is 12.1 Å². The molecule has 4 heteroatoms. The summed E-state index contributed by atoms with van der Waals surface area (Å²) < 4.78 is 0. The summed E-state index contributed by atoms with van der Waals surface area (Å²) in [5.74, 6) is -0.0913. The zero-order chi connectivity index (χ0) is 22.3. The molecule has 178 valence electrons. The Labute approximate surface area is 186 Å². The van der Waals surface area contributed by atoms with E-state index in [-0.39, 0.29) is 12.5 Å². The highest BCUT2D eigenvalue weighted by Gasteiger charge is 2.17. The molecule has 2 unspecified atom stereocenters. The summed E-state index contributed by atoms with van der Waals surface area (Å²) in [6, 6.07) is -0.609. The highest BCUT2D eigenvalue weighted by atomic mass is 16.3. The number of carbonyl (C=O) groups excluding carboxylic acids is 1. The van der Waals surface area contributed by atoms with E-state index in [1.54, 1.807) is 6.08 Å². The predicted octanol–water partition coefficient (Wildman–Crippen LogP) is 6.44.